The topological polar surface area (TPSA) is 56.1 Å². The Labute approximate surface area is 140 Å². The first-order valence-electron chi connectivity index (χ1n) is 7.75. The highest BCUT2D eigenvalue weighted by Gasteiger charge is 2.05. The lowest BCUT2D eigenvalue weighted by Gasteiger charge is -2.09. The van der Waals surface area contributed by atoms with Gasteiger partial charge in [0.15, 0.2) is 6.61 Å². The minimum absolute atomic E-state index is 0.0210. The molecule has 0 saturated carbocycles. The van der Waals surface area contributed by atoms with E-state index in [9.17, 15) is 4.79 Å². The number of nitrogens with zero attached hydrogens (tertiary/aromatic N) is 2. The summed E-state index contributed by atoms with van der Waals surface area (Å²) in [7, 11) is 0. The summed E-state index contributed by atoms with van der Waals surface area (Å²) in [4.78, 5) is 12.0. The van der Waals surface area contributed by atoms with Crippen LogP contribution in [0, 0.1) is 6.92 Å². The molecule has 0 fully saturated rings. The van der Waals surface area contributed by atoms with Gasteiger partial charge in [-0.2, -0.15) is 5.10 Å². The molecule has 5 nitrogen and oxygen atoms in total. The van der Waals surface area contributed by atoms with Gasteiger partial charge in [0.05, 0.1) is 6.54 Å². The summed E-state index contributed by atoms with van der Waals surface area (Å²) in [6.07, 6.45) is 3.65. The molecule has 0 saturated heterocycles. The average molecular weight is 321 g/mol. The molecule has 0 spiro atoms. The summed E-state index contributed by atoms with van der Waals surface area (Å²) < 4.78 is 7.35. The highest BCUT2D eigenvalue weighted by molar-refractivity contribution is 5.91. The molecular formula is C19H19N3O2. The Bertz CT molecular complexity index is 813. The van der Waals surface area contributed by atoms with Gasteiger partial charge in [-0.3, -0.25) is 9.48 Å². The Morgan fingerprint density at radius 1 is 1.17 bits per heavy atom. The molecule has 2 aromatic carbocycles. The monoisotopic (exact) mass is 321 g/mol. The Hall–Kier alpha value is -3.08. The summed E-state index contributed by atoms with van der Waals surface area (Å²) in [6, 6.07) is 17.2. The maximum absolute atomic E-state index is 12.0. The second kappa shape index (κ2) is 7.46. The number of hydrogen-bond donors (Lipinski definition) is 1. The molecular weight excluding hydrogens is 302 g/mol. The lowest BCUT2D eigenvalue weighted by molar-refractivity contribution is -0.118. The van der Waals surface area contributed by atoms with Gasteiger partial charge < -0.3 is 10.1 Å². The van der Waals surface area contributed by atoms with Crippen LogP contribution in [0.2, 0.25) is 0 Å². The molecule has 0 bridgehead atoms. The standard InChI is InChI=1S/C19H19N3O2/c1-15-5-2-8-18(11-15)24-14-19(23)21-17-7-3-6-16(12-17)13-22-10-4-9-20-22/h2-12H,13-14H2,1H3,(H,21,23). The second-order valence-electron chi connectivity index (χ2n) is 5.56. The van der Waals surface area contributed by atoms with Crippen molar-refractivity contribution in [3.63, 3.8) is 0 Å². The van der Waals surface area contributed by atoms with Crippen molar-refractivity contribution in [2.75, 3.05) is 11.9 Å². The SMILES string of the molecule is Cc1cccc(OCC(=O)Nc2cccc(Cn3cccn3)c2)c1. The van der Waals surface area contributed by atoms with Crippen molar-refractivity contribution in [1.82, 2.24) is 9.78 Å². The minimum Gasteiger partial charge on any atom is -0.484 e. The van der Waals surface area contributed by atoms with Crippen LogP contribution in [-0.2, 0) is 11.3 Å². The maximum Gasteiger partial charge on any atom is 0.262 e. The van der Waals surface area contributed by atoms with Gasteiger partial charge >= 0.3 is 0 Å². The van der Waals surface area contributed by atoms with Gasteiger partial charge in [0.1, 0.15) is 5.75 Å². The van der Waals surface area contributed by atoms with E-state index in [0.29, 0.717) is 12.3 Å². The molecule has 0 aliphatic carbocycles. The normalized spacial score (nSPS) is 10.4. The number of hydrogen-bond acceptors (Lipinski definition) is 3. The summed E-state index contributed by atoms with van der Waals surface area (Å²) in [5, 5.41) is 7.03. The first-order valence-corrected chi connectivity index (χ1v) is 7.75. The third kappa shape index (κ3) is 4.46. The third-order valence-corrected chi connectivity index (χ3v) is 3.47. The number of nitrogens with one attached hydrogen (secondary N) is 1. The smallest absolute Gasteiger partial charge is 0.262 e. The molecule has 5 heteroatoms. The van der Waals surface area contributed by atoms with Crippen LogP contribution in [0.15, 0.2) is 67.0 Å². The second-order valence-corrected chi connectivity index (χ2v) is 5.56. The fraction of sp³-hybridized carbons (Fsp3) is 0.158. The fourth-order valence-electron chi connectivity index (χ4n) is 2.38. The quantitative estimate of drug-likeness (QED) is 0.758. The molecule has 1 N–H and O–H groups in total. The van der Waals surface area contributed by atoms with Crippen molar-refractivity contribution < 1.29 is 9.53 Å². The van der Waals surface area contributed by atoms with Crippen LogP contribution in [0.5, 0.6) is 5.75 Å². The zero-order valence-electron chi connectivity index (χ0n) is 13.5. The first-order chi connectivity index (χ1) is 11.7. The molecule has 122 valence electrons. The van der Waals surface area contributed by atoms with Crippen LogP contribution in [0.4, 0.5) is 5.69 Å². The summed E-state index contributed by atoms with van der Waals surface area (Å²) in [5.74, 6) is 0.505. The number of ether oxygens (including phenoxy) is 1. The van der Waals surface area contributed by atoms with E-state index < -0.39 is 0 Å². The predicted molar refractivity (Wildman–Crippen MR) is 93.1 cm³/mol. The van der Waals surface area contributed by atoms with Crippen LogP contribution >= 0.6 is 0 Å². The number of benzene rings is 2. The maximum atomic E-state index is 12.0. The van der Waals surface area contributed by atoms with E-state index in [1.807, 2.05) is 72.4 Å². The molecule has 1 aromatic heterocycles. The number of carbonyl (C=O) groups excluding carboxylic acids is 1. The number of aromatic nitrogens is 2. The molecule has 3 rings (SSSR count). The molecule has 0 aliphatic heterocycles. The van der Waals surface area contributed by atoms with E-state index in [4.69, 9.17) is 4.74 Å². The van der Waals surface area contributed by atoms with Crippen molar-refractivity contribution in [3.8, 4) is 5.75 Å². The lowest BCUT2D eigenvalue weighted by Crippen LogP contribution is -2.20. The lowest BCUT2D eigenvalue weighted by atomic mass is 10.2. The van der Waals surface area contributed by atoms with Crippen LogP contribution in [0.25, 0.3) is 0 Å². The van der Waals surface area contributed by atoms with E-state index in [2.05, 4.69) is 10.4 Å². The van der Waals surface area contributed by atoms with Crippen molar-refractivity contribution >= 4 is 11.6 Å². The van der Waals surface area contributed by atoms with Crippen molar-refractivity contribution in [2.45, 2.75) is 13.5 Å². The van der Waals surface area contributed by atoms with E-state index in [1.165, 1.54) is 0 Å². The van der Waals surface area contributed by atoms with Crippen LogP contribution in [-0.4, -0.2) is 22.3 Å². The van der Waals surface area contributed by atoms with E-state index in [1.54, 1.807) is 6.20 Å². The molecule has 0 atom stereocenters. The Kier molecular flexibility index (Phi) is 4.91. The van der Waals surface area contributed by atoms with Gasteiger partial charge in [0, 0.05) is 18.1 Å². The molecule has 0 unspecified atom stereocenters. The molecule has 1 heterocycles. The number of carbonyl (C=O) groups is 1. The zero-order chi connectivity index (χ0) is 16.8. The molecule has 1 amide bonds. The van der Waals surface area contributed by atoms with Crippen molar-refractivity contribution in [1.29, 1.82) is 0 Å². The Morgan fingerprint density at radius 3 is 2.83 bits per heavy atom. The van der Waals surface area contributed by atoms with Crippen LogP contribution in [0.1, 0.15) is 11.1 Å². The molecule has 0 radical (unpaired) electrons. The largest absolute Gasteiger partial charge is 0.484 e. The zero-order valence-corrected chi connectivity index (χ0v) is 13.5. The predicted octanol–water partition coefficient (Wildman–Crippen LogP) is 3.26. The molecule has 3 aromatic rings. The number of anilines is 1. The summed E-state index contributed by atoms with van der Waals surface area (Å²) >= 11 is 0. The van der Waals surface area contributed by atoms with Crippen LogP contribution in [0.3, 0.4) is 0 Å². The van der Waals surface area contributed by atoms with E-state index in [0.717, 1.165) is 16.8 Å². The van der Waals surface area contributed by atoms with Crippen LogP contribution < -0.4 is 10.1 Å². The van der Waals surface area contributed by atoms with Crippen molar-refractivity contribution in [3.05, 3.63) is 78.1 Å². The van der Waals surface area contributed by atoms with E-state index in [-0.39, 0.29) is 12.5 Å². The Balaban J connectivity index is 1.56. The minimum atomic E-state index is -0.187. The molecule has 24 heavy (non-hydrogen) atoms. The van der Waals surface area contributed by atoms with Gasteiger partial charge in [0.25, 0.3) is 5.91 Å². The van der Waals surface area contributed by atoms with Gasteiger partial charge in [0.2, 0.25) is 0 Å². The summed E-state index contributed by atoms with van der Waals surface area (Å²) in [5.41, 5.74) is 2.91. The number of amides is 1. The molecule has 0 aliphatic rings. The highest BCUT2D eigenvalue weighted by atomic mass is 16.5. The van der Waals surface area contributed by atoms with Crippen molar-refractivity contribution in [2.24, 2.45) is 0 Å². The number of rotatable bonds is 6. The number of aryl methyl sites for hydroxylation is 1. The average Bonchev–Trinajstić information content (AvgIpc) is 3.06. The van der Waals surface area contributed by atoms with Gasteiger partial charge in [-0.1, -0.05) is 24.3 Å². The van der Waals surface area contributed by atoms with Gasteiger partial charge in [-0.15, -0.1) is 0 Å². The first kappa shape index (κ1) is 15.8. The summed E-state index contributed by atoms with van der Waals surface area (Å²) in [6.45, 7) is 2.63. The Morgan fingerprint density at radius 2 is 2.04 bits per heavy atom. The van der Waals surface area contributed by atoms with E-state index >= 15 is 0 Å². The highest BCUT2D eigenvalue weighted by Crippen LogP contribution is 2.14. The van der Waals surface area contributed by atoms with Gasteiger partial charge in [-0.05, 0) is 48.4 Å². The van der Waals surface area contributed by atoms with Gasteiger partial charge in [-0.25, -0.2) is 0 Å². The third-order valence-electron chi connectivity index (χ3n) is 3.47. The fourth-order valence-corrected chi connectivity index (χ4v) is 2.38.